The van der Waals surface area contributed by atoms with Gasteiger partial charge in [0.2, 0.25) is 0 Å². The molecule has 122 valence electrons. The molecule has 0 spiro atoms. The zero-order valence-electron chi connectivity index (χ0n) is 13.6. The number of hydrogen-bond donors (Lipinski definition) is 2. The Balaban J connectivity index is 1.71. The minimum atomic E-state index is -0.0685. The van der Waals surface area contributed by atoms with Crippen molar-refractivity contribution in [2.45, 2.75) is 31.8 Å². The largest absolute Gasteiger partial charge is 0.350 e. The third kappa shape index (κ3) is 3.51. The number of anilines is 1. The van der Waals surface area contributed by atoms with Crippen LogP contribution in [-0.4, -0.2) is 23.1 Å². The van der Waals surface area contributed by atoms with Gasteiger partial charge in [0.15, 0.2) is 6.04 Å². The van der Waals surface area contributed by atoms with E-state index in [9.17, 15) is 4.79 Å². The smallest absolute Gasteiger partial charge is 0.282 e. The SMILES string of the molecule is C[C@@H](C(=O)Nc1ccc(Br)cc1)[NH+]1CCC[C@@H]1c1cccn1C. The first kappa shape index (κ1) is 16.3. The van der Waals surface area contributed by atoms with Crippen LogP contribution in [0, 0.1) is 0 Å². The van der Waals surface area contributed by atoms with Crippen LogP contribution in [-0.2, 0) is 11.8 Å². The minimum Gasteiger partial charge on any atom is -0.350 e. The molecule has 0 saturated carbocycles. The number of benzene rings is 1. The number of aryl methyl sites for hydroxylation is 1. The fourth-order valence-corrected chi connectivity index (χ4v) is 3.78. The first-order chi connectivity index (χ1) is 11.1. The van der Waals surface area contributed by atoms with Gasteiger partial charge in [0.1, 0.15) is 6.04 Å². The monoisotopic (exact) mass is 376 g/mol. The predicted octanol–water partition coefficient (Wildman–Crippen LogP) is 2.53. The van der Waals surface area contributed by atoms with Crippen molar-refractivity contribution in [3.63, 3.8) is 0 Å². The van der Waals surface area contributed by atoms with Gasteiger partial charge in [-0.1, -0.05) is 15.9 Å². The molecule has 1 saturated heterocycles. The van der Waals surface area contributed by atoms with Crippen LogP contribution in [0.5, 0.6) is 0 Å². The first-order valence-electron chi connectivity index (χ1n) is 8.09. The normalized spacial score (nSPS) is 22.0. The van der Waals surface area contributed by atoms with Gasteiger partial charge in [-0.2, -0.15) is 0 Å². The zero-order chi connectivity index (χ0) is 16.4. The second-order valence-electron chi connectivity index (χ2n) is 6.28. The molecule has 1 amide bonds. The van der Waals surface area contributed by atoms with E-state index in [2.05, 4.69) is 51.2 Å². The van der Waals surface area contributed by atoms with Gasteiger partial charge >= 0.3 is 0 Å². The van der Waals surface area contributed by atoms with Crippen molar-refractivity contribution in [2.75, 3.05) is 11.9 Å². The Bertz CT molecular complexity index is 680. The van der Waals surface area contributed by atoms with Crippen molar-refractivity contribution in [2.24, 2.45) is 7.05 Å². The highest BCUT2D eigenvalue weighted by Crippen LogP contribution is 2.20. The molecule has 3 atom stereocenters. The van der Waals surface area contributed by atoms with Gasteiger partial charge in [-0.05, 0) is 43.3 Å². The van der Waals surface area contributed by atoms with Gasteiger partial charge < -0.3 is 14.8 Å². The number of aromatic nitrogens is 1. The van der Waals surface area contributed by atoms with Gasteiger partial charge in [-0.3, -0.25) is 4.79 Å². The van der Waals surface area contributed by atoms with E-state index in [1.165, 1.54) is 17.0 Å². The standard InChI is InChI=1S/C18H22BrN3O/c1-13(18(23)20-15-9-7-14(19)8-10-15)22-12-4-6-17(22)16-5-3-11-21(16)2/h3,5,7-11,13,17H,4,6,12H2,1-2H3,(H,20,23)/p+1/t13-,17+/m0/s1. The Morgan fingerprint density at radius 1 is 1.35 bits per heavy atom. The van der Waals surface area contributed by atoms with Crippen LogP contribution in [0.2, 0.25) is 0 Å². The molecule has 2 aromatic rings. The van der Waals surface area contributed by atoms with E-state index in [1.807, 2.05) is 31.2 Å². The highest BCUT2D eigenvalue weighted by molar-refractivity contribution is 9.10. The van der Waals surface area contributed by atoms with E-state index < -0.39 is 0 Å². The maximum atomic E-state index is 12.6. The Hall–Kier alpha value is -1.59. The van der Waals surface area contributed by atoms with Crippen molar-refractivity contribution >= 4 is 27.5 Å². The summed E-state index contributed by atoms with van der Waals surface area (Å²) in [5, 5.41) is 3.04. The second-order valence-corrected chi connectivity index (χ2v) is 7.20. The van der Waals surface area contributed by atoms with E-state index in [-0.39, 0.29) is 11.9 Å². The molecular formula is C18H23BrN3O+. The number of amides is 1. The molecule has 0 aliphatic carbocycles. The number of nitrogens with zero attached hydrogens (tertiary/aromatic N) is 1. The summed E-state index contributed by atoms with van der Waals surface area (Å²) >= 11 is 3.41. The maximum absolute atomic E-state index is 12.6. The number of carbonyl (C=O) groups is 1. The highest BCUT2D eigenvalue weighted by atomic mass is 79.9. The third-order valence-corrected chi connectivity index (χ3v) is 5.34. The molecule has 1 unspecified atom stereocenters. The van der Waals surface area contributed by atoms with Crippen LogP contribution >= 0.6 is 15.9 Å². The van der Waals surface area contributed by atoms with Crippen molar-refractivity contribution < 1.29 is 9.69 Å². The molecule has 3 rings (SSSR count). The number of hydrogen-bond acceptors (Lipinski definition) is 1. The van der Waals surface area contributed by atoms with Crippen LogP contribution in [0.4, 0.5) is 5.69 Å². The van der Waals surface area contributed by atoms with Crippen LogP contribution in [0.3, 0.4) is 0 Å². The van der Waals surface area contributed by atoms with Gasteiger partial charge in [0, 0.05) is 36.2 Å². The lowest BCUT2D eigenvalue weighted by molar-refractivity contribution is -0.932. The van der Waals surface area contributed by atoms with Crippen LogP contribution in [0.1, 0.15) is 31.5 Å². The third-order valence-electron chi connectivity index (χ3n) is 4.81. The topological polar surface area (TPSA) is 38.5 Å². The second kappa shape index (κ2) is 6.89. The van der Waals surface area contributed by atoms with E-state index in [4.69, 9.17) is 0 Å². The lowest BCUT2D eigenvalue weighted by atomic mass is 10.1. The van der Waals surface area contributed by atoms with Crippen LogP contribution in [0.25, 0.3) is 0 Å². The van der Waals surface area contributed by atoms with Gasteiger partial charge in [0.05, 0.1) is 12.2 Å². The Morgan fingerprint density at radius 3 is 2.74 bits per heavy atom. The van der Waals surface area contributed by atoms with Crippen LogP contribution < -0.4 is 10.2 Å². The molecule has 4 nitrogen and oxygen atoms in total. The van der Waals surface area contributed by atoms with E-state index >= 15 is 0 Å². The molecule has 0 radical (unpaired) electrons. The lowest BCUT2D eigenvalue weighted by Gasteiger charge is -2.27. The average molecular weight is 377 g/mol. The summed E-state index contributed by atoms with van der Waals surface area (Å²) in [7, 11) is 2.08. The fraction of sp³-hybridized carbons (Fsp3) is 0.389. The van der Waals surface area contributed by atoms with E-state index in [0.717, 1.165) is 23.1 Å². The average Bonchev–Trinajstić information content (AvgIpc) is 3.17. The van der Waals surface area contributed by atoms with Gasteiger partial charge in [-0.15, -0.1) is 0 Å². The number of rotatable bonds is 4. The molecule has 1 aliphatic rings. The van der Waals surface area contributed by atoms with Crippen molar-refractivity contribution in [1.29, 1.82) is 0 Å². The first-order valence-corrected chi connectivity index (χ1v) is 8.89. The summed E-state index contributed by atoms with van der Waals surface area (Å²) in [6.07, 6.45) is 4.39. The number of nitrogens with one attached hydrogen (secondary N) is 2. The predicted molar refractivity (Wildman–Crippen MR) is 95.5 cm³/mol. The zero-order valence-corrected chi connectivity index (χ0v) is 15.1. The van der Waals surface area contributed by atoms with Gasteiger partial charge in [-0.25, -0.2) is 0 Å². The molecule has 1 aromatic heterocycles. The molecule has 2 N–H and O–H groups in total. The quantitative estimate of drug-likeness (QED) is 0.845. The van der Waals surface area contributed by atoms with Gasteiger partial charge in [0.25, 0.3) is 5.91 Å². The summed E-state index contributed by atoms with van der Waals surface area (Å²) < 4.78 is 3.19. The van der Waals surface area contributed by atoms with Crippen molar-refractivity contribution in [3.05, 3.63) is 52.8 Å². The fourth-order valence-electron chi connectivity index (χ4n) is 3.51. The summed E-state index contributed by atoms with van der Waals surface area (Å²) in [5.74, 6) is 0.0865. The van der Waals surface area contributed by atoms with Crippen molar-refractivity contribution in [1.82, 2.24) is 4.57 Å². The summed E-state index contributed by atoms with van der Waals surface area (Å²) in [6.45, 7) is 3.08. The Kier molecular flexibility index (Phi) is 4.87. The number of halogens is 1. The Labute approximate surface area is 145 Å². The summed E-state index contributed by atoms with van der Waals surface area (Å²) in [5.41, 5.74) is 2.17. The molecular weight excluding hydrogens is 354 g/mol. The number of carbonyl (C=O) groups excluding carboxylic acids is 1. The molecule has 5 heteroatoms. The van der Waals surface area contributed by atoms with Crippen molar-refractivity contribution in [3.8, 4) is 0 Å². The van der Waals surface area contributed by atoms with E-state index in [1.54, 1.807) is 0 Å². The molecule has 1 aliphatic heterocycles. The Morgan fingerprint density at radius 2 is 2.09 bits per heavy atom. The molecule has 1 aromatic carbocycles. The molecule has 1 fully saturated rings. The summed E-state index contributed by atoms with van der Waals surface area (Å²) in [4.78, 5) is 14.0. The highest BCUT2D eigenvalue weighted by Gasteiger charge is 2.38. The maximum Gasteiger partial charge on any atom is 0.282 e. The molecule has 23 heavy (non-hydrogen) atoms. The summed E-state index contributed by atoms with van der Waals surface area (Å²) in [6, 6.07) is 12.3. The lowest BCUT2D eigenvalue weighted by Crippen LogP contribution is -3.15. The van der Waals surface area contributed by atoms with Crippen LogP contribution in [0.15, 0.2) is 47.1 Å². The number of likely N-dealkylation sites (tertiary alicyclic amines) is 1. The molecule has 2 heterocycles. The minimum absolute atomic E-state index is 0.0685. The number of quaternary nitrogens is 1. The van der Waals surface area contributed by atoms with E-state index in [0.29, 0.717) is 6.04 Å². The molecule has 0 bridgehead atoms.